The van der Waals surface area contributed by atoms with Crippen molar-refractivity contribution in [2.24, 2.45) is 7.05 Å². The summed E-state index contributed by atoms with van der Waals surface area (Å²) in [5.74, 6) is 0.854. The number of hydrogen-bond acceptors (Lipinski definition) is 9. The van der Waals surface area contributed by atoms with E-state index in [1.54, 1.807) is 14.2 Å². The Morgan fingerprint density at radius 2 is 2.05 bits per heavy atom. The molecule has 4 heterocycles. The Hall–Kier alpha value is -4.03. The van der Waals surface area contributed by atoms with Gasteiger partial charge in [0, 0.05) is 44.6 Å². The number of ether oxygens (including phenoxy) is 2. The lowest BCUT2D eigenvalue weighted by atomic mass is 10.1. The second-order valence-electron chi connectivity index (χ2n) is 9.51. The molecule has 0 unspecified atom stereocenters. The van der Waals surface area contributed by atoms with E-state index in [2.05, 4.69) is 42.1 Å². The molecule has 12 heteroatoms. The number of anilines is 3. The Bertz CT molecular complexity index is 1470. The van der Waals surface area contributed by atoms with Gasteiger partial charge in [0.2, 0.25) is 5.95 Å². The number of carbonyl (C=O) groups is 1. The zero-order valence-corrected chi connectivity index (χ0v) is 21.1. The van der Waals surface area contributed by atoms with E-state index in [0.717, 1.165) is 28.2 Å². The van der Waals surface area contributed by atoms with Gasteiger partial charge in [-0.2, -0.15) is 15.1 Å². The molecule has 3 aromatic heterocycles. The molecule has 3 atom stereocenters. The molecule has 2 aliphatic rings. The van der Waals surface area contributed by atoms with Gasteiger partial charge in [-0.15, -0.1) is 0 Å². The molecule has 4 aromatic rings. The van der Waals surface area contributed by atoms with Crippen molar-refractivity contribution in [3.05, 3.63) is 41.9 Å². The van der Waals surface area contributed by atoms with Crippen molar-refractivity contribution in [3.8, 4) is 11.3 Å². The Balaban J connectivity index is 1.49. The van der Waals surface area contributed by atoms with Crippen LogP contribution in [0.25, 0.3) is 22.4 Å². The third kappa shape index (κ3) is 4.27. The Morgan fingerprint density at radius 1 is 1.19 bits per heavy atom. The fraction of sp³-hybridized carbons (Fsp3) is 0.400. The molecule has 1 saturated carbocycles. The monoisotopic (exact) mass is 503 g/mol. The van der Waals surface area contributed by atoms with Gasteiger partial charge in [0.25, 0.3) is 0 Å². The number of hydrogen-bond donors (Lipinski definition) is 3. The van der Waals surface area contributed by atoms with Crippen LogP contribution in [0.3, 0.4) is 0 Å². The number of amides is 1. The van der Waals surface area contributed by atoms with Crippen LogP contribution < -0.4 is 16.0 Å². The van der Waals surface area contributed by atoms with Crippen molar-refractivity contribution in [1.29, 1.82) is 0 Å². The Kier molecular flexibility index (Phi) is 5.76. The largest absolute Gasteiger partial charge is 0.381 e. The highest BCUT2D eigenvalue weighted by molar-refractivity contribution is 5.92. The predicted molar refractivity (Wildman–Crippen MR) is 138 cm³/mol. The molecule has 1 aromatic carbocycles. The summed E-state index contributed by atoms with van der Waals surface area (Å²) < 4.78 is 15.3. The van der Waals surface area contributed by atoms with Crippen molar-refractivity contribution >= 4 is 34.6 Å². The number of carbonyl (C=O) groups excluding carboxylic acids is 1. The number of fused-ring (bicyclic) bond motifs is 4. The van der Waals surface area contributed by atoms with E-state index in [1.807, 2.05) is 36.9 Å². The van der Waals surface area contributed by atoms with Gasteiger partial charge in [-0.1, -0.05) is 0 Å². The topological polar surface area (TPSA) is 133 Å². The van der Waals surface area contributed by atoms with Crippen molar-refractivity contribution in [3.63, 3.8) is 0 Å². The van der Waals surface area contributed by atoms with Crippen molar-refractivity contribution in [2.75, 3.05) is 24.8 Å². The predicted octanol–water partition coefficient (Wildman–Crippen LogP) is 2.95. The fourth-order valence-corrected chi connectivity index (χ4v) is 5.02. The average molecular weight is 504 g/mol. The highest BCUT2D eigenvalue weighted by Gasteiger charge is 2.37. The second kappa shape index (κ2) is 9.12. The van der Waals surface area contributed by atoms with Gasteiger partial charge < -0.3 is 25.4 Å². The number of nitrogens with zero attached hydrogens (tertiary/aromatic N) is 6. The van der Waals surface area contributed by atoms with E-state index < -0.39 is 0 Å². The number of rotatable bonds is 3. The first-order valence-corrected chi connectivity index (χ1v) is 12.2. The van der Waals surface area contributed by atoms with Crippen LogP contribution in [0.15, 0.2) is 30.6 Å². The number of aromatic nitrogens is 6. The second-order valence-corrected chi connectivity index (χ2v) is 9.51. The minimum atomic E-state index is -0.326. The summed E-state index contributed by atoms with van der Waals surface area (Å²) in [7, 11) is 5.37. The first kappa shape index (κ1) is 23.4. The van der Waals surface area contributed by atoms with E-state index in [-0.39, 0.29) is 24.3 Å². The molecule has 192 valence electrons. The quantitative estimate of drug-likeness (QED) is 0.386. The molecule has 1 aliphatic heterocycles. The summed E-state index contributed by atoms with van der Waals surface area (Å²) in [6.07, 6.45) is 2.59. The van der Waals surface area contributed by atoms with Crippen molar-refractivity contribution in [1.82, 2.24) is 34.6 Å². The van der Waals surface area contributed by atoms with Crippen molar-refractivity contribution in [2.45, 2.75) is 44.6 Å². The molecular formula is C25H29N9O3. The Morgan fingerprint density at radius 3 is 2.81 bits per heavy atom. The van der Waals surface area contributed by atoms with Gasteiger partial charge in [0.05, 0.1) is 30.6 Å². The van der Waals surface area contributed by atoms with Crippen molar-refractivity contribution < 1.29 is 14.3 Å². The SMILES string of the molecule is CNc1nc2nc3c1ncn3C(=O)N[C@@H]1C[C@@H](OC)C[C@H]1OCc1cc(cc(-c3cc(C)n(C)n3)c1)N2. The minimum Gasteiger partial charge on any atom is -0.381 e. The maximum atomic E-state index is 13.3. The van der Waals surface area contributed by atoms with Gasteiger partial charge in [-0.05, 0) is 43.2 Å². The summed E-state index contributed by atoms with van der Waals surface area (Å²) in [5, 5.41) is 14.1. The molecule has 0 radical (unpaired) electrons. The standard InChI is InChI=1S/C25H29N9O3/c1-13-5-18(32-33(13)3)15-6-14-7-16(8-15)28-24-30-22(26-2)21-23(31-24)34(12-27-21)25(35)29-19-9-17(36-4)10-20(19)37-11-14/h5-8,12,17,19-20H,9-11H2,1-4H3,(H,29,35)(H2,26,28,30,31)/t17-,19-,20-/m1/s1. The highest BCUT2D eigenvalue weighted by Crippen LogP contribution is 2.31. The maximum Gasteiger partial charge on any atom is 0.328 e. The van der Waals surface area contributed by atoms with Crippen LogP contribution in [0.1, 0.15) is 24.1 Å². The summed E-state index contributed by atoms with van der Waals surface area (Å²) in [6.45, 7) is 2.38. The molecule has 1 amide bonds. The molecule has 0 saturated heterocycles. The number of aryl methyl sites for hydroxylation is 2. The first-order chi connectivity index (χ1) is 17.9. The van der Waals surface area contributed by atoms with E-state index in [9.17, 15) is 4.79 Å². The molecule has 1 aliphatic carbocycles. The lowest BCUT2D eigenvalue weighted by molar-refractivity contribution is 0.0190. The normalized spacial score (nSPS) is 21.4. The summed E-state index contributed by atoms with van der Waals surface area (Å²) in [4.78, 5) is 26.9. The van der Waals surface area contributed by atoms with Gasteiger partial charge in [0.15, 0.2) is 17.0 Å². The first-order valence-electron chi connectivity index (χ1n) is 12.2. The maximum absolute atomic E-state index is 13.3. The summed E-state index contributed by atoms with van der Waals surface area (Å²) in [6, 6.07) is 7.61. The zero-order chi connectivity index (χ0) is 25.7. The number of imidazole rings is 1. The molecule has 4 bridgehead atoms. The number of methoxy groups -OCH3 is 1. The molecule has 12 nitrogen and oxygen atoms in total. The third-order valence-electron chi connectivity index (χ3n) is 7.08. The Labute approximate surface area is 213 Å². The van der Waals surface area contributed by atoms with Crippen LogP contribution >= 0.6 is 0 Å². The van der Waals surface area contributed by atoms with E-state index >= 15 is 0 Å². The van der Waals surface area contributed by atoms with Crippen LogP contribution in [0.5, 0.6) is 0 Å². The zero-order valence-electron chi connectivity index (χ0n) is 21.1. The summed E-state index contributed by atoms with van der Waals surface area (Å²) in [5.41, 5.74) is 5.52. The average Bonchev–Trinajstić information content (AvgIpc) is 3.58. The number of benzene rings is 1. The van der Waals surface area contributed by atoms with E-state index in [1.165, 1.54) is 10.9 Å². The highest BCUT2D eigenvalue weighted by atomic mass is 16.5. The minimum absolute atomic E-state index is 0.00427. The van der Waals surface area contributed by atoms with Crippen LogP contribution in [-0.4, -0.2) is 67.7 Å². The van der Waals surface area contributed by atoms with E-state index in [0.29, 0.717) is 42.4 Å². The van der Waals surface area contributed by atoms with Gasteiger partial charge in [-0.3, -0.25) is 4.68 Å². The molecule has 37 heavy (non-hydrogen) atoms. The van der Waals surface area contributed by atoms with Gasteiger partial charge >= 0.3 is 6.03 Å². The molecule has 0 spiro atoms. The van der Waals surface area contributed by atoms with E-state index in [4.69, 9.17) is 9.47 Å². The van der Waals surface area contributed by atoms with Crippen LogP contribution in [-0.2, 0) is 23.1 Å². The fourth-order valence-electron chi connectivity index (χ4n) is 5.02. The van der Waals surface area contributed by atoms with Gasteiger partial charge in [-0.25, -0.2) is 14.3 Å². The lowest BCUT2D eigenvalue weighted by Crippen LogP contribution is -2.43. The molecular weight excluding hydrogens is 474 g/mol. The van der Waals surface area contributed by atoms with Gasteiger partial charge in [0.1, 0.15) is 6.33 Å². The third-order valence-corrected chi connectivity index (χ3v) is 7.08. The van der Waals surface area contributed by atoms with Crippen LogP contribution in [0.4, 0.5) is 22.2 Å². The van der Waals surface area contributed by atoms with Crippen LogP contribution in [0, 0.1) is 6.92 Å². The lowest BCUT2D eigenvalue weighted by Gasteiger charge is -2.22. The number of nitrogens with one attached hydrogen (secondary N) is 3. The van der Waals surface area contributed by atoms with Crippen LogP contribution in [0.2, 0.25) is 0 Å². The smallest absolute Gasteiger partial charge is 0.328 e. The molecule has 3 N–H and O–H groups in total. The molecule has 1 fully saturated rings. The summed E-state index contributed by atoms with van der Waals surface area (Å²) >= 11 is 0. The molecule has 6 rings (SSSR count).